The zero-order valence-electron chi connectivity index (χ0n) is 18.1. The molecule has 166 valence electrons. The van der Waals surface area contributed by atoms with E-state index in [1.165, 1.54) is 11.6 Å². The molecule has 0 aromatic heterocycles. The van der Waals surface area contributed by atoms with Crippen LogP contribution < -0.4 is 5.32 Å². The topological polar surface area (TPSA) is 44.8 Å². The van der Waals surface area contributed by atoms with Crippen molar-refractivity contribution in [3.05, 3.63) is 71.0 Å². The summed E-state index contributed by atoms with van der Waals surface area (Å²) in [4.78, 5) is 17.3. The molecule has 2 fully saturated rings. The van der Waals surface area contributed by atoms with E-state index in [-0.39, 0.29) is 17.6 Å². The number of ether oxygens (including phenoxy) is 1. The summed E-state index contributed by atoms with van der Waals surface area (Å²) in [5.74, 6) is -0.122. The van der Waals surface area contributed by atoms with E-state index in [0.29, 0.717) is 25.2 Å². The van der Waals surface area contributed by atoms with Crippen molar-refractivity contribution in [2.45, 2.75) is 32.5 Å². The lowest BCUT2D eigenvalue weighted by molar-refractivity contribution is -0.126. The fourth-order valence-corrected chi connectivity index (χ4v) is 4.39. The Morgan fingerprint density at radius 3 is 2.48 bits per heavy atom. The van der Waals surface area contributed by atoms with Crippen LogP contribution in [0.2, 0.25) is 0 Å². The van der Waals surface area contributed by atoms with Crippen molar-refractivity contribution in [2.24, 2.45) is 5.92 Å². The molecule has 2 aliphatic heterocycles. The lowest BCUT2D eigenvalue weighted by Crippen LogP contribution is -2.42. The second-order valence-corrected chi connectivity index (χ2v) is 8.59. The van der Waals surface area contributed by atoms with E-state index in [4.69, 9.17) is 4.74 Å². The smallest absolute Gasteiger partial charge is 0.224 e. The van der Waals surface area contributed by atoms with Crippen LogP contribution in [0, 0.1) is 11.7 Å². The van der Waals surface area contributed by atoms with Gasteiger partial charge in [-0.15, -0.1) is 0 Å². The quantitative estimate of drug-likeness (QED) is 0.740. The number of likely N-dealkylation sites (tertiary alicyclic amines) is 1. The Balaban J connectivity index is 1.24. The molecule has 2 saturated heterocycles. The molecule has 2 aromatic carbocycles. The van der Waals surface area contributed by atoms with Gasteiger partial charge in [0.25, 0.3) is 0 Å². The van der Waals surface area contributed by atoms with Gasteiger partial charge in [-0.05, 0) is 36.6 Å². The molecule has 0 radical (unpaired) electrons. The van der Waals surface area contributed by atoms with Gasteiger partial charge in [-0.25, -0.2) is 4.39 Å². The zero-order valence-corrected chi connectivity index (χ0v) is 18.1. The van der Waals surface area contributed by atoms with Gasteiger partial charge < -0.3 is 10.1 Å². The minimum Gasteiger partial charge on any atom is -0.379 e. The highest BCUT2D eigenvalue weighted by Gasteiger charge is 2.26. The normalized spacial score (nSPS) is 20.5. The van der Waals surface area contributed by atoms with E-state index in [1.807, 2.05) is 12.1 Å². The van der Waals surface area contributed by atoms with E-state index in [0.717, 1.165) is 57.8 Å². The number of piperidine rings is 1. The summed E-state index contributed by atoms with van der Waals surface area (Å²) in [6.07, 6.45) is 1.85. The highest BCUT2D eigenvalue weighted by Crippen LogP contribution is 2.20. The number of halogens is 1. The molecule has 5 nitrogen and oxygen atoms in total. The number of hydrogen-bond acceptors (Lipinski definition) is 4. The van der Waals surface area contributed by atoms with E-state index < -0.39 is 0 Å². The van der Waals surface area contributed by atoms with Gasteiger partial charge in [0, 0.05) is 44.8 Å². The van der Waals surface area contributed by atoms with Crippen LogP contribution in [0.5, 0.6) is 0 Å². The molecule has 2 aromatic rings. The summed E-state index contributed by atoms with van der Waals surface area (Å²) in [7, 11) is 0. The predicted octanol–water partition coefficient (Wildman–Crippen LogP) is 3.19. The van der Waals surface area contributed by atoms with Crippen molar-refractivity contribution in [3.8, 4) is 0 Å². The van der Waals surface area contributed by atoms with Crippen LogP contribution in [0.15, 0.2) is 48.5 Å². The molecular formula is C25H32FN3O2. The Morgan fingerprint density at radius 2 is 1.71 bits per heavy atom. The number of amides is 1. The minimum absolute atomic E-state index is 0.0406. The maximum Gasteiger partial charge on any atom is 0.224 e. The molecule has 1 amide bonds. The van der Waals surface area contributed by atoms with Gasteiger partial charge in [0.2, 0.25) is 5.91 Å². The molecule has 0 bridgehead atoms. The first-order valence-corrected chi connectivity index (χ1v) is 11.3. The largest absolute Gasteiger partial charge is 0.379 e. The molecule has 0 aliphatic carbocycles. The van der Waals surface area contributed by atoms with E-state index in [9.17, 15) is 9.18 Å². The zero-order chi connectivity index (χ0) is 21.5. The lowest BCUT2D eigenvalue weighted by atomic mass is 9.96. The first-order valence-electron chi connectivity index (χ1n) is 11.3. The Morgan fingerprint density at radius 1 is 0.968 bits per heavy atom. The summed E-state index contributed by atoms with van der Waals surface area (Å²) in [6.45, 7) is 7.20. The monoisotopic (exact) mass is 425 g/mol. The summed E-state index contributed by atoms with van der Waals surface area (Å²) < 4.78 is 19.4. The van der Waals surface area contributed by atoms with Gasteiger partial charge in [0.1, 0.15) is 5.82 Å². The van der Waals surface area contributed by atoms with Crippen molar-refractivity contribution in [3.63, 3.8) is 0 Å². The molecule has 0 saturated carbocycles. The number of hydrogen-bond donors (Lipinski definition) is 1. The third-order valence-corrected chi connectivity index (χ3v) is 6.23. The van der Waals surface area contributed by atoms with E-state index in [1.54, 1.807) is 6.07 Å². The van der Waals surface area contributed by atoms with Gasteiger partial charge in [0.05, 0.1) is 19.1 Å². The molecule has 31 heavy (non-hydrogen) atoms. The van der Waals surface area contributed by atoms with Crippen LogP contribution in [0.4, 0.5) is 4.39 Å². The van der Waals surface area contributed by atoms with Crippen LogP contribution in [0.1, 0.15) is 29.5 Å². The van der Waals surface area contributed by atoms with Crippen LogP contribution in [-0.4, -0.2) is 55.1 Å². The summed E-state index contributed by atoms with van der Waals surface area (Å²) in [5, 5.41) is 3.10. The fourth-order valence-electron chi connectivity index (χ4n) is 4.39. The van der Waals surface area contributed by atoms with Crippen molar-refractivity contribution in [1.29, 1.82) is 0 Å². The van der Waals surface area contributed by atoms with Gasteiger partial charge >= 0.3 is 0 Å². The van der Waals surface area contributed by atoms with E-state index >= 15 is 0 Å². The lowest BCUT2D eigenvalue weighted by Gasteiger charge is -2.32. The fraction of sp³-hybridized carbons (Fsp3) is 0.480. The number of carbonyl (C=O) groups excluding carboxylic acids is 1. The maximum atomic E-state index is 14.0. The number of carbonyl (C=O) groups is 1. The van der Waals surface area contributed by atoms with Gasteiger partial charge in [-0.2, -0.15) is 0 Å². The van der Waals surface area contributed by atoms with Crippen molar-refractivity contribution < 1.29 is 13.9 Å². The summed E-state index contributed by atoms with van der Waals surface area (Å²) >= 11 is 0. The Bertz CT molecular complexity index is 852. The van der Waals surface area contributed by atoms with Crippen LogP contribution in [0.3, 0.4) is 0 Å². The molecule has 1 unspecified atom stereocenters. The Labute approximate surface area is 184 Å². The molecule has 4 rings (SSSR count). The van der Waals surface area contributed by atoms with Gasteiger partial charge in [-0.3, -0.25) is 14.6 Å². The number of nitrogens with zero attached hydrogens (tertiary/aromatic N) is 2. The third-order valence-electron chi connectivity index (χ3n) is 6.23. The highest BCUT2D eigenvalue weighted by molar-refractivity contribution is 5.79. The standard InChI is InChI=1S/C25H32FN3O2/c26-24-6-2-1-4-22(24)18-29-11-3-5-23(19-29)25(30)27-16-20-7-9-21(10-8-20)17-28-12-14-31-15-13-28/h1-2,4,6-10,23H,3,5,11-19H2,(H,27,30). The van der Waals surface area contributed by atoms with Crippen LogP contribution in [-0.2, 0) is 29.2 Å². The van der Waals surface area contributed by atoms with Crippen molar-refractivity contribution in [1.82, 2.24) is 15.1 Å². The van der Waals surface area contributed by atoms with Gasteiger partial charge in [-0.1, -0.05) is 42.5 Å². The first-order chi connectivity index (χ1) is 15.2. The number of morpholine rings is 1. The third kappa shape index (κ3) is 6.35. The molecule has 2 aliphatic rings. The number of nitrogens with one attached hydrogen (secondary N) is 1. The van der Waals surface area contributed by atoms with E-state index in [2.05, 4.69) is 39.4 Å². The Hall–Kier alpha value is -2.28. The first kappa shape index (κ1) is 21.9. The summed E-state index contributed by atoms with van der Waals surface area (Å²) in [5.41, 5.74) is 3.09. The second kappa shape index (κ2) is 10.8. The average Bonchev–Trinajstić information content (AvgIpc) is 2.81. The highest BCUT2D eigenvalue weighted by atomic mass is 19.1. The SMILES string of the molecule is O=C(NCc1ccc(CN2CCOCC2)cc1)C1CCCN(Cc2ccccc2F)C1. The van der Waals surface area contributed by atoms with Crippen molar-refractivity contribution >= 4 is 5.91 Å². The molecule has 2 heterocycles. The molecular weight excluding hydrogens is 393 g/mol. The predicted molar refractivity (Wildman–Crippen MR) is 119 cm³/mol. The van der Waals surface area contributed by atoms with Gasteiger partial charge in [0.15, 0.2) is 0 Å². The molecule has 6 heteroatoms. The number of rotatable bonds is 7. The second-order valence-electron chi connectivity index (χ2n) is 8.59. The average molecular weight is 426 g/mol. The molecule has 1 atom stereocenters. The molecule has 1 N–H and O–H groups in total. The minimum atomic E-state index is -0.175. The summed E-state index contributed by atoms with van der Waals surface area (Å²) in [6, 6.07) is 15.4. The van der Waals surface area contributed by atoms with Crippen LogP contribution >= 0.6 is 0 Å². The Kier molecular flexibility index (Phi) is 7.67. The van der Waals surface area contributed by atoms with Crippen molar-refractivity contribution in [2.75, 3.05) is 39.4 Å². The van der Waals surface area contributed by atoms with Crippen LogP contribution in [0.25, 0.3) is 0 Å². The molecule has 0 spiro atoms. The maximum absolute atomic E-state index is 14.0. The number of benzene rings is 2.